The van der Waals surface area contributed by atoms with Crippen molar-refractivity contribution in [3.05, 3.63) is 0 Å². The van der Waals surface area contributed by atoms with Crippen molar-refractivity contribution in [1.82, 2.24) is 4.90 Å². The fourth-order valence-electron chi connectivity index (χ4n) is 2.03. The lowest BCUT2D eigenvalue weighted by Crippen LogP contribution is -2.55. The Morgan fingerprint density at radius 3 is 2.86 bits per heavy atom. The van der Waals surface area contributed by atoms with Gasteiger partial charge in [0, 0.05) is 6.54 Å². The van der Waals surface area contributed by atoms with E-state index in [1.54, 1.807) is 6.92 Å². The lowest BCUT2D eigenvalue weighted by atomic mass is 9.88. The van der Waals surface area contributed by atoms with Gasteiger partial charge in [-0.25, -0.2) is 0 Å². The molecule has 82 valence electrons. The Morgan fingerprint density at radius 2 is 2.29 bits per heavy atom. The Hall–Kier alpha value is -0.640. The van der Waals surface area contributed by atoms with E-state index < -0.39 is 11.5 Å². The smallest absolute Gasteiger partial charge is 0.323 e. The summed E-state index contributed by atoms with van der Waals surface area (Å²) in [6, 6.07) is 0. The predicted molar refractivity (Wildman–Crippen MR) is 52.1 cm³/mol. The largest absolute Gasteiger partial charge is 0.480 e. The second kappa shape index (κ2) is 4.73. The molecule has 14 heavy (non-hydrogen) atoms. The van der Waals surface area contributed by atoms with Crippen molar-refractivity contribution in [2.24, 2.45) is 0 Å². The minimum Gasteiger partial charge on any atom is -0.480 e. The summed E-state index contributed by atoms with van der Waals surface area (Å²) in [5.74, 6) is -0.781. The fourth-order valence-corrected chi connectivity index (χ4v) is 2.03. The Labute approximate surface area is 83.9 Å². The number of nitrogens with zero attached hydrogens (tertiary/aromatic N) is 1. The van der Waals surface area contributed by atoms with E-state index in [9.17, 15) is 9.18 Å². The normalized spacial score (nSPS) is 29.0. The molecule has 1 atom stereocenters. The molecular weight excluding hydrogens is 185 g/mol. The zero-order valence-corrected chi connectivity index (χ0v) is 8.63. The van der Waals surface area contributed by atoms with Crippen LogP contribution in [0.4, 0.5) is 4.39 Å². The predicted octanol–water partition coefficient (Wildman–Crippen LogP) is 1.68. The monoisotopic (exact) mass is 203 g/mol. The molecule has 1 fully saturated rings. The van der Waals surface area contributed by atoms with Crippen molar-refractivity contribution in [2.75, 3.05) is 19.8 Å². The first kappa shape index (κ1) is 11.4. The van der Waals surface area contributed by atoms with Crippen molar-refractivity contribution in [3.8, 4) is 0 Å². The number of likely N-dealkylation sites (tertiary alicyclic amines) is 1. The molecule has 0 bridgehead atoms. The van der Waals surface area contributed by atoms with Gasteiger partial charge in [-0.1, -0.05) is 0 Å². The van der Waals surface area contributed by atoms with E-state index in [0.717, 1.165) is 19.4 Å². The second-order valence-electron chi connectivity index (χ2n) is 4.07. The maximum atomic E-state index is 12.0. The van der Waals surface area contributed by atoms with Crippen LogP contribution in [-0.2, 0) is 4.79 Å². The fraction of sp³-hybridized carbons (Fsp3) is 0.900. The summed E-state index contributed by atoms with van der Waals surface area (Å²) in [7, 11) is 0. The molecule has 1 rings (SSSR count). The minimum atomic E-state index is -0.781. The Kier molecular flexibility index (Phi) is 3.86. The first-order valence-electron chi connectivity index (χ1n) is 5.15. The molecule has 3 nitrogen and oxygen atoms in total. The summed E-state index contributed by atoms with van der Waals surface area (Å²) < 4.78 is 12.0. The summed E-state index contributed by atoms with van der Waals surface area (Å²) in [4.78, 5) is 13.0. The van der Waals surface area contributed by atoms with Gasteiger partial charge < -0.3 is 5.11 Å². The molecule has 0 aliphatic carbocycles. The molecule has 0 saturated carbocycles. The molecule has 0 aromatic rings. The molecular formula is C10H18FNO2. The van der Waals surface area contributed by atoms with E-state index in [4.69, 9.17) is 5.11 Å². The molecule has 1 unspecified atom stereocenters. The highest BCUT2D eigenvalue weighted by atomic mass is 19.1. The van der Waals surface area contributed by atoms with Gasteiger partial charge >= 0.3 is 5.97 Å². The Morgan fingerprint density at radius 1 is 1.57 bits per heavy atom. The average molecular weight is 203 g/mol. The molecule has 0 amide bonds. The van der Waals surface area contributed by atoms with Crippen molar-refractivity contribution in [2.45, 2.75) is 38.1 Å². The Balaban J connectivity index is 2.63. The van der Waals surface area contributed by atoms with Gasteiger partial charge in [0.25, 0.3) is 0 Å². The summed E-state index contributed by atoms with van der Waals surface area (Å²) in [6.07, 6.45) is 3.08. The number of carbonyl (C=O) groups is 1. The molecule has 1 heterocycles. The SMILES string of the molecule is CC1(C(=O)O)CCCCN1CCCF. The summed E-state index contributed by atoms with van der Waals surface area (Å²) in [5, 5.41) is 9.13. The maximum Gasteiger partial charge on any atom is 0.323 e. The van der Waals surface area contributed by atoms with E-state index in [0.29, 0.717) is 19.4 Å². The van der Waals surface area contributed by atoms with Crippen LogP contribution in [0.1, 0.15) is 32.6 Å². The number of alkyl halides is 1. The third-order valence-electron chi connectivity index (χ3n) is 3.06. The highest BCUT2D eigenvalue weighted by molar-refractivity contribution is 5.78. The van der Waals surface area contributed by atoms with Crippen molar-refractivity contribution in [3.63, 3.8) is 0 Å². The molecule has 0 spiro atoms. The molecule has 0 aromatic heterocycles. The van der Waals surface area contributed by atoms with Crippen LogP contribution in [0.25, 0.3) is 0 Å². The molecule has 1 aliphatic rings. The minimum absolute atomic E-state index is 0.369. The van der Waals surface area contributed by atoms with Crippen LogP contribution in [0.5, 0.6) is 0 Å². The summed E-state index contributed by atoms with van der Waals surface area (Å²) in [6.45, 7) is 2.71. The molecule has 1 saturated heterocycles. The van der Waals surface area contributed by atoms with Crippen LogP contribution >= 0.6 is 0 Å². The lowest BCUT2D eigenvalue weighted by Gasteiger charge is -2.41. The van der Waals surface area contributed by atoms with E-state index >= 15 is 0 Å². The van der Waals surface area contributed by atoms with Gasteiger partial charge in [0.2, 0.25) is 0 Å². The number of aliphatic carboxylic acids is 1. The number of rotatable bonds is 4. The van der Waals surface area contributed by atoms with Gasteiger partial charge in [0.1, 0.15) is 5.54 Å². The van der Waals surface area contributed by atoms with E-state index in [1.165, 1.54) is 0 Å². The lowest BCUT2D eigenvalue weighted by molar-refractivity contribution is -0.153. The zero-order valence-electron chi connectivity index (χ0n) is 8.63. The van der Waals surface area contributed by atoms with Crippen molar-refractivity contribution < 1.29 is 14.3 Å². The highest BCUT2D eigenvalue weighted by Crippen LogP contribution is 2.28. The van der Waals surface area contributed by atoms with Gasteiger partial charge in [-0.05, 0) is 39.2 Å². The van der Waals surface area contributed by atoms with Crippen LogP contribution in [-0.4, -0.2) is 41.3 Å². The molecule has 4 heteroatoms. The third-order valence-corrected chi connectivity index (χ3v) is 3.06. The molecule has 0 aromatic carbocycles. The van der Waals surface area contributed by atoms with Crippen molar-refractivity contribution >= 4 is 5.97 Å². The molecule has 1 N–H and O–H groups in total. The van der Waals surface area contributed by atoms with Gasteiger partial charge in [0.05, 0.1) is 6.67 Å². The van der Waals surface area contributed by atoms with Crippen molar-refractivity contribution in [1.29, 1.82) is 0 Å². The standard InChI is InChI=1S/C10H18FNO2/c1-10(9(13)14)5-2-3-7-12(10)8-4-6-11/h2-8H2,1H3,(H,13,14). The van der Waals surface area contributed by atoms with E-state index in [1.807, 2.05) is 4.90 Å². The van der Waals surface area contributed by atoms with Crippen LogP contribution in [0, 0.1) is 0 Å². The van der Waals surface area contributed by atoms with E-state index in [2.05, 4.69) is 0 Å². The maximum absolute atomic E-state index is 12.0. The highest BCUT2D eigenvalue weighted by Gasteiger charge is 2.40. The number of carboxylic acids is 1. The summed E-state index contributed by atoms with van der Waals surface area (Å²) in [5.41, 5.74) is -0.770. The number of halogens is 1. The second-order valence-corrected chi connectivity index (χ2v) is 4.07. The zero-order chi connectivity index (χ0) is 10.6. The van der Waals surface area contributed by atoms with Gasteiger partial charge in [-0.3, -0.25) is 14.1 Å². The number of hydrogen-bond donors (Lipinski definition) is 1. The summed E-state index contributed by atoms with van der Waals surface area (Å²) >= 11 is 0. The average Bonchev–Trinajstić information content (AvgIpc) is 2.16. The van der Waals surface area contributed by atoms with Gasteiger partial charge in [0.15, 0.2) is 0 Å². The third kappa shape index (κ3) is 2.23. The van der Waals surface area contributed by atoms with Crippen LogP contribution in [0.3, 0.4) is 0 Å². The van der Waals surface area contributed by atoms with Crippen LogP contribution < -0.4 is 0 Å². The first-order valence-corrected chi connectivity index (χ1v) is 5.15. The van der Waals surface area contributed by atoms with Crippen LogP contribution in [0.2, 0.25) is 0 Å². The van der Waals surface area contributed by atoms with E-state index in [-0.39, 0.29) is 6.67 Å². The first-order chi connectivity index (χ1) is 6.61. The number of hydrogen-bond acceptors (Lipinski definition) is 2. The Bertz CT molecular complexity index is 210. The van der Waals surface area contributed by atoms with Crippen LogP contribution in [0.15, 0.2) is 0 Å². The quantitative estimate of drug-likeness (QED) is 0.755. The van der Waals surface area contributed by atoms with Gasteiger partial charge in [-0.15, -0.1) is 0 Å². The molecule has 0 radical (unpaired) electrons. The number of piperidine rings is 1. The van der Waals surface area contributed by atoms with Gasteiger partial charge in [-0.2, -0.15) is 0 Å². The molecule has 1 aliphatic heterocycles. The number of carboxylic acid groups (broad SMARTS) is 1. The topological polar surface area (TPSA) is 40.5 Å².